The van der Waals surface area contributed by atoms with Crippen LogP contribution < -0.4 is 5.32 Å². The van der Waals surface area contributed by atoms with Gasteiger partial charge in [0.25, 0.3) is 0 Å². The van der Waals surface area contributed by atoms with E-state index in [0.29, 0.717) is 38.0 Å². The molecule has 10 heteroatoms. The van der Waals surface area contributed by atoms with Gasteiger partial charge >= 0.3 is 12.4 Å². The Hall–Kier alpha value is -2.36. The van der Waals surface area contributed by atoms with Crippen LogP contribution >= 0.6 is 0 Å². The van der Waals surface area contributed by atoms with Crippen molar-refractivity contribution < 1.29 is 26.3 Å². The van der Waals surface area contributed by atoms with E-state index in [1.807, 2.05) is 4.90 Å². The summed E-state index contributed by atoms with van der Waals surface area (Å²) in [5.41, 5.74) is -1.12. The molecule has 3 rings (SSSR count). The van der Waals surface area contributed by atoms with Crippen LogP contribution in [-0.2, 0) is 18.9 Å². The van der Waals surface area contributed by atoms with Crippen LogP contribution in [0.15, 0.2) is 36.4 Å². The average Bonchev–Trinajstić information content (AvgIpc) is 2.63. The zero-order chi connectivity index (χ0) is 20.4. The fourth-order valence-electron chi connectivity index (χ4n) is 3.11. The van der Waals surface area contributed by atoms with Crippen molar-refractivity contribution in [2.24, 2.45) is 0 Å². The Kier molecular flexibility index (Phi) is 5.78. The van der Waals surface area contributed by atoms with Gasteiger partial charge in [0.15, 0.2) is 5.69 Å². The molecule has 0 unspecified atom stereocenters. The number of benzene rings is 1. The molecular formula is C18H18F6N4. The minimum atomic E-state index is -4.53. The average molecular weight is 404 g/mol. The molecule has 0 saturated carbocycles. The van der Waals surface area contributed by atoms with Gasteiger partial charge in [-0.25, -0.2) is 0 Å². The molecule has 152 valence electrons. The molecule has 0 atom stereocenters. The molecule has 1 saturated heterocycles. The first-order chi connectivity index (χ1) is 13.1. The standard InChI is InChI=1S/C18H18F6N4/c19-17(20,21)13-3-1-2-12(10-13)11-28-8-6-14(7-9-28)25-16-5-4-15(26-27-16)18(22,23)24/h1-5,10,14H,6-9,11H2,(H,25,27). The van der Waals surface area contributed by atoms with Gasteiger partial charge in [0.05, 0.1) is 5.56 Å². The van der Waals surface area contributed by atoms with Crippen molar-refractivity contribution in [2.75, 3.05) is 18.4 Å². The van der Waals surface area contributed by atoms with Crippen molar-refractivity contribution in [1.29, 1.82) is 0 Å². The Morgan fingerprint density at radius 3 is 2.21 bits per heavy atom. The third-order valence-electron chi connectivity index (χ3n) is 4.56. The van der Waals surface area contributed by atoms with E-state index in [1.165, 1.54) is 12.1 Å². The maximum atomic E-state index is 12.8. The van der Waals surface area contributed by atoms with E-state index >= 15 is 0 Å². The molecule has 0 spiro atoms. The molecule has 1 aliphatic rings. The van der Waals surface area contributed by atoms with Crippen molar-refractivity contribution in [3.8, 4) is 0 Å². The number of likely N-dealkylation sites (tertiary alicyclic amines) is 1. The number of halogens is 6. The number of aromatic nitrogens is 2. The summed E-state index contributed by atoms with van der Waals surface area (Å²) in [6.07, 6.45) is -7.50. The quantitative estimate of drug-likeness (QED) is 0.757. The smallest absolute Gasteiger partial charge is 0.366 e. The molecule has 0 amide bonds. The predicted molar refractivity (Wildman–Crippen MR) is 90.4 cm³/mol. The third kappa shape index (κ3) is 5.34. The van der Waals surface area contributed by atoms with Crippen LogP contribution in [0.4, 0.5) is 32.2 Å². The largest absolute Gasteiger partial charge is 0.435 e. The highest BCUT2D eigenvalue weighted by atomic mass is 19.4. The number of rotatable bonds is 4. The summed E-state index contributed by atoms with van der Waals surface area (Å²) in [5, 5.41) is 9.79. The molecule has 28 heavy (non-hydrogen) atoms. The van der Waals surface area contributed by atoms with E-state index in [-0.39, 0.29) is 11.9 Å². The summed E-state index contributed by atoms with van der Waals surface area (Å²) < 4.78 is 75.9. The maximum Gasteiger partial charge on any atom is 0.435 e. The number of nitrogens with one attached hydrogen (secondary N) is 1. The van der Waals surface area contributed by atoms with E-state index in [4.69, 9.17) is 0 Å². The van der Waals surface area contributed by atoms with E-state index in [2.05, 4.69) is 15.5 Å². The van der Waals surface area contributed by atoms with Crippen molar-refractivity contribution in [1.82, 2.24) is 15.1 Å². The molecule has 1 N–H and O–H groups in total. The Morgan fingerprint density at radius 2 is 1.64 bits per heavy atom. The predicted octanol–water partition coefficient (Wildman–Crippen LogP) is 4.59. The first-order valence-corrected chi connectivity index (χ1v) is 8.67. The van der Waals surface area contributed by atoms with Crippen molar-refractivity contribution in [3.63, 3.8) is 0 Å². The lowest BCUT2D eigenvalue weighted by molar-refractivity contribution is -0.141. The van der Waals surface area contributed by atoms with Gasteiger partial charge in [0, 0.05) is 25.7 Å². The minimum Gasteiger partial charge on any atom is -0.366 e. The second-order valence-corrected chi connectivity index (χ2v) is 6.69. The van der Waals surface area contributed by atoms with E-state index in [9.17, 15) is 26.3 Å². The molecule has 1 fully saturated rings. The summed E-state index contributed by atoms with van der Waals surface area (Å²) in [6.45, 7) is 1.72. The normalized spacial score (nSPS) is 16.9. The van der Waals surface area contributed by atoms with Gasteiger partial charge in [-0.1, -0.05) is 18.2 Å². The molecule has 0 aliphatic carbocycles. The second-order valence-electron chi connectivity index (χ2n) is 6.69. The highest BCUT2D eigenvalue weighted by molar-refractivity contribution is 5.35. The number of nitrogens with zero attached hydrogens (tertiary/aromatic N) is 3. The lowest BCUT2D eigenvalue weighted by Crippen LogP contribution is -2.38. The van der Waals surface area contributed by atoms with Gasteiger partial charge in [0.1, 0.15) is 5.82 Å². The van der Waals surface area contributed by atoms with Crippen LogP contribution in [-0.4, -0.2) is 34.2 Å². The van der Waals surface area contributed by atoms with Gasteiger partial charge in [-0.3, -0.25) is 4.90 Å². The summed E-state index contributed by atoms with van der Waals surface area (Å²) >= 11 is 0. The Bertz CT molecular complexity index is 780. The molecule has 1 aromatic heterocycles. The van der Waals surface area contributed by atoms with E-state index < -0.39 is 23.6 Å². The number of hydrogen-bond acceptors (Lipinski definition) is 4. The Balaban J connectivity index is 1.51. The summed E-state index contributed by atoms with van der Waals surface area (Å²) in [5.74, 6) is 0.268. The highest BCUT2D eigenvalue weighted by Crippen LogP contribution is 2.30. The van der Waals surface area contributed by atoms with Crippen molar-refractivity contribution >= 4 is 5.82 Å². The fraction of sp³-hybridized carbons (Fsp3) is 0.444. The molecule has 1 aromatic carbocycles. The van der Waals surface area contributed by atoms with Crippen LogP contribution in [0.25, 0.3) is 0 Å². The van der Waals surface area contributed by atoms with Crippen LogP contribution in [0.3, 0.4) is 0 Å². The van der Waals surface area contributed by atoms with Crippen LogP contribution in [0, 0.1) is 0 Å². The van der Waals surface area contributed by atoms with Gasteiger partial charge in [-0.15, -0.1) is 10.2 Å². The SMILES string of the molecule is FC(F)(F)c1cccc(CN2CCC(Nc3ccc(C(F)(F)F)nn3)CC2)c1. The number of anilines is 1. The molecular weight excluding hydrogens is 386 g/mol. The number of alkyl halides is 6. The zero-order valence-corrected chi connectivity index (χ0v) is 14.7. The molecule has 0 bridgehead atoms. The van der Waals surface area contributed by atoms with Crippen LogP contribution in [0.1, 0.15) is 29.7 Å². The topological polar surface area (TPSA) is 41.0 Å². The fourth-order valence-corrected chi connectivity index (χ4v) is 3.11. The summed E-state index contributed by atoms with van der Waals surface area (Å²) in [6, 6.07) is 7.40. The second kappa shape index (κ2) is 7.94. The molecule has 1 aliphatic heterocycles. The summed E-state index contributed by atoms with van der Waals surface area (Å²) in [7, 11) is 0. The lowest BCUT2D eigenvalue weighted by Gasteiger charge is -2.32. The first-order valence-electron chi connectivity index (χ1n) is 8.67. The van der Waals surface area contributed by atoms with E-state index in [1.54, 1.807) is 6.07 Å². The summed E-state index contributed by atoms with van der Waals surface area (Å²) in [4.78, 5) is 2.05. The van der Waals surface area contributed by atoms with Gasteiger partial charge in [0.2, 0.25) is 0 Å². The van der Waals surface area contributed by atoms with Gasteiger partial charge < -0.3 is 5.32 Å². The van der Waals surface area contributed by atoms with Crippen LogP contribution in [0.2, 0.25) is 0 Å². The Morgan fingerprint density at radius 1 is 0.929 bits per heavy atom. The maximum absolute atomic E-state index is 12.8. The highest BCUT2D eigenvalue weighted by Gasteiger charge is 2.33. The van der Waals surface area contributed by atoms with Gasteiger partial charge in [-0.05, 0) is 36.6 Å². The lowest BCUT2D eigenvalue weighted by atomic mass is 10.0. The number of hydrogen-bond donors (Lipinski definition) is 1. The van der Waals surface area contributed by atoms with Crippen molar-refractivity contribution in [2.45, 2.75) is 37.8 Å². The van der Waals surface area contributed by atoms with Crippen molar-refractivity contribution in [3.05, 3.63) is 53.2 Å². The molecule has 4 nitrogen and oxygen atoms in total. The van der Waals surface area contributed by atoms with E-state index in [0.717, 1.165) is 18.2 Å². The van der Waals surface area contributed by atoms with Gasteiger partial charge in [-0.2, -0.15) is 26.3 Å². The molecule has 0 radical (unpaired) electrons. The minimum absolute atomic E-state index is 0.0174. The molecule has 2 heterocycles. The molecule has 2 aromatic rings. The zero-order valence-electron chi connectivity index (χ0n) is 14.7. The third-order valence-corrected chi connectivity index (χ3v) is 4.56. The monoisotopic (exact) mass is 404 g/mol. The van der Waals surface area contributed by atoms with Crippen LogP contribution in [0.5, 0.6) is 0 Å². The first kappa shape index (κ1) is 20.4. The Labute approximate surface area is 157 Å². The number of piperidine rings is 1.